The first-order valence-corrected chi connectivity index (χ1v) is 6.78. The highest BCUT2D eigenvalue weighted by molar-refractivity contribution is 6.34. The number of amides is 1. The van der Waals surface area contributed by atoms with E-state index in [4.69, 9.17) is 28.9 Å². The summed E-state index contributed by atoms with van der Waals surface area (Å²) < 4.78 is 0. The molecule has 0 saturated carbocycles. The SMILES string of the molecule is N[C@@H]1CCCN(C(=O)Cc2cc(Cl)cc(Cl)c2)C1. The Labute approximate surface area is 117 Å². The van der Waals surface area contributed by atoms with Crippen molar-refractivity contribution in [2.45, 2.75) is 25.3 Å². The van der Waals surface area contributed by atoms with Gasteiger partial charge in [-0.05, 0) is 36.6 Å². The number of likely N-dealkylation sites (tertiary alicyclic amines) is 1. The second-order valence-corrected chi connectivity index (χ2v) is 5.57. The van der Waals surface area contributed by atoms with Crippen LogP contribution in [-0.2, 0) is 11.2 Å². The first kappa shape index (κ1) is 13.7. The Bertz CT molecular complexity index is 430. The van der Waals surface area contributed by atoms with E-state index in [1.54, 1.807) is 18.2 Å². The fourth-order valence-corrected chi connectivity index (χ4v) is 2.81. The zero-order chi connectivity index (χ0) is 13.1. The van der Waals surface area contributed by atoms with Crippen molar-refractivity contribution in [2.24, 2.45) is 5.73 Å². The van der Waals surface area contributed by atoms with Gasteiger partial charge >= 0.3 is 0 Å². The molecule has 98 valence electrons. The maximum absolute atomic E-state index is 12.1. The van der Waals surface area contributed by atoms with Crippen LogP contribution in [0.2, 0.25) is 10.0 Å². The fraction of sp³-hybridized carbons (Fsp3) is 0.462. The maximum Gasteiger partial charge on any atom is 0.227 e. The average Bonchev–Trinajstić information content (AvgIpc) is 2.27. The summed E-state index contributed by atoms with van der Waals surface area (Å²) in [5, 5.41) is 1.11. The topological polar surface area (TPSA) is 46.3 Å². The predicted molar refractivity (Wildman–Crippen MR) is 74.0 cm³/mol. The lowest BCUT2D eigenvalue weighted by Crippen LogP contribution is -2.46. The number of rotatable bonds is 2. The fourth-order valence-electron chi connectivity index (χ4n) is 2.24. The normalized spacial score (nSPS) is 19.9. The molecule has 1 amide bonds. The molecule has 0 unspecified atom stereocenters. The molecular formula is C13H16Cl2N2O. The number of carbonyl (C=O) groups excluding carboxylic acids is 1. The minimum absolute atomic E-state index is 0.0866. The van der Waals surface area contributed by atoms with Crippen LogP contribution in [0.15, 0.2) is 18.2 Å². The number of nitrogens with zero attached hydrogens (tertiary/aromatic N) is 1. The summed E-state index contributed by atoms with van der Waals surface area (Å²) in [6.45, 7) is 1.44. The van der Waals surface area contributed by atoms with Crippen LogP contribution in [0.4, 0.5) is 0 Å². The van der Waals surface area contributed by atoms with E-state index in [0.29, 0.717) is 23.0 Å². The Kier molecular flexibility index (Phi) is 4.49. The lowest BCUT2D eigenvalue weighted by molar-refractivity contribution is -0.131. The van der Waals surface area contributed by atoms with Crippen molar-refractivity contribution in [1.82, 2.24) is 4.90 Å². The second kappa shape index (κ2) is 5.91. The third kappa shape index (κ3) is 3.61. The first-order chi connectivity index (χ1) is 8.54. The molecule has 1 aromatic rings. The van der Waals surface area contributed by atoms with Crippen LogP contribution < -0.4 is 5.73 Å². The molecule has 1 fully saturated rings. The van der Waals surface area contributed by atoms with Gasteiger partial charge in [0.1, 0.15) is 0 Å². The number of hydrogen-bond acceptors (Lipinski definition) is 2. The van der Waals surface area contributed by atoms with Crippen molar-refractivity contribution >= 4 is 29.1 Å². The van der Waals surface area contributed by atoms with Crippen LogP contribution in [-0.4, -0.2) is 29.9 Å². The third-order valence-electron chi connectivity index (χ3n) is 3.09. The average molecular weight is 287 g/mol. The van der Waals surface area contributed by atoms with Gasteiger partial charge in [0, 0.05) is 29.2 Å². The summed E-state index contributed by atoms with van der Waals surface area (Å²) in [6.07, 6.45) is 2.29. The molecule has 0 spiro atoms. The van der Waals surface area contributed by atoms with Crippen molar-refractivity contribution in [2.75, 3.05) is 13.1 Å². The molecule has 2 N–H and O–H groups in total. The minimum atomic E-state index is 0.0866. The van der Waals surface area contributed by atoms with Crippen molar-refractivity contribution in [3.8, 4) is 0 Å². The quantitative estimate of drug-likeness (QED) is 0.908. The van der Waals surface area contributed by atoms with Crippen molar-refractivity contribution < 1.29 is 4.79 Å². The molecule has 0 radical (unpaired) electrons. The standard InChI is InChI=1S/C13H16Cl2N2O/c14-10-4-9(5-11(15)7-10)6-13(18)17-3-1-2-12(16)8-17/h4-5,7,12H,1-3,6,8,16H2/t12-/m1/s1. The number of benzene rings is 1. The van der Waals surface area contributed by atoms with E-state index in [0.717, 1.165) is 24.9 Å². The smallest absolute Gasteiger partial charge is 0.227 e. The summed E-state index contributed by atoms with van der Waals surface area (Å²) in [7, 11) is 0. The van der Waals surface area contributed by atoms with Gasteiger partial charge in [0.25, 0.3) is 0 Å². The van der Waals surface area contributed by atoms with Gasteiger partial charge in [-0.3, -0.25) is 4.79 Å². The molecule has 1 aliphatic rings. The Hall–Kier alpha value is -0.770. The van der Waals surface area contributed by atoms with E-state index < -0.39 is 0 Å². The second-order valence-electron chi connectivity index (χ2n) is 4.70. The molecule has 3 nitrogen and oxygen atoms in total. The highest BCUT2D eigenvalue weighted by atomic mass is 35.5. The molecule has 1 saturated heterocycles. The van der Waals surface area contributed by atoms with Gasteiger partial charge in [0.05, 0.1) is 6.42 Å². The highest BCUT2D eigenvalue weighted by Gasteiger charge is 2.21. The van der Waals surface area contributed by atoms with Crippen LogP contribution in [0.1, 0.15) is 18.4 Å². The van der Waals surface area contributed by atoms with Gasteiger partial charge in [-0.15, -0.1) is 0 Å². The van der Waals surface area contributed by atoms with Gasteiger partial charge in [0.15, 0.2) is 0 Å². The monoisotopic (exact) mass is 286 g/mol. The number of piperidine rings is 1. The molecule has 1 aromatic carbocycles. The zero-order valence-electron chi connectivity index (χ0n) is 10.0. The van der Waals surface area contributed by atoms with Crippen LogP contribution in [0.3, 0.4) is 0 Å². The molecule has 0 aromatic heterocycles. The summed E-state index contributed by atoms with van der Waals surface area (Å²) in [5.74, 6) is 0.0866. The van der Waals surface area contributed by atoms with E-state index in [2.05, 4.69) is 0 Å². The molecule has 2 rings (SSSR count). The van der Waals surface area contributed by atoms with Crippen molar-refractivity contribution in [1.29, 1.82) is 0 Å². The summed E-state index contributed by atoms with van der Waals surface area (Å²) in [4.78, 5) is 13.9. The van der Waals surface area contributed by atoms with Crippen LogP contribution in [0.25, 0.3) is 0 Å². The van der Waals surface area contributed by atoms with Crippen molar-refractivity contribution in [3.05, 3.63) is 33.8 Å². The number of nitrogens with two attached hydrogens (primary N) is 1. The Morgan fingerprint density at radius 1 is 1.33 bits per heavy atom. The Morgan fingerprint density at radius 2 is 2.00 bits per heavy atom. The van der Waals surface area contributed by atoms with E-state index in [1.807, 2.05) is 4.90 Å². The predicted octanol–water partition coefficient (Wildman–Crippen LogP) is 2.49. The lowest BCUT2D eigenvalue weighted by Gasteiger charge is -2.30. The van der Waals surface area contributed by atoms with Gasteiger partial charge in [0.2, 0.25) is 5.91 Å². The van der Waals surface area contributed by atoms with E-state index in [1.165, 1.54) is 0 Å². The van der Waals surface area contributed by atoms with Crippen LogP contribution in [0, 0.1) is 0 Å². The van der Waals surface area contributed by atoms with Gasteiger partial charge in [-0.25, -0.2) is 0 Å². The summed E-state index contributed by atoms with van der Waals surface area (Å²) in [6, 6.07) is 5.31. The molecule has 0 bridgehead atoms. The summed E-state index contributed by atoms with van der Waals surface area (Å²) >= 11 is 11.8. The number of hydrogen-bond donors (Lipinski definition) is 1. The molecule has 0 aliphatic carbocycles. The molecule has 5 heteroatoms. The van der Waals surface area contributed by atoms with Crippen LogP contribution in [0.5, 0.6) is 0 Å². The van der Waals surface area contributed by atoms with Gasteiger partial charge < -0.3 is 10.6 Å². The molecule has 1 aliphatic heterocycles. The minimum Gasteiger partial charge on any atom is -0.341 e. The highest BCUT2D eigenvalue weighted by Crippen LogP contribution is 2.20. The Morgan fingerprint density at radius 3 is 2.61 bits per heavy atom. The van der Waals surface area contributed by atoms with Gasteiger partial charge in [-0.2, -0.15) is 0 Å². The first-order valence-electron chi connectivity index (χ1n) is 6.03. The van der Waals surface area contributed by atoms with E-state index in [-0.39, 0.29) is 11.9 Å². The molecule has 1 atom stereocenters. The number of carbonyl (C=O) groups is 1. The summed E-state index contributed by atoms with van der Waals surface area (Å²) in [5.41, 5.74) is 6.71. The Balaban J connectivity index is 2.02. The van der Waals surface area contributed by atoms with Gasteiger partial charge in [-0.1, -0.05) is 23.2 Å². The molecule has 1 heterocycles. The zero-order valence-corrected chi connectivity index (χ0v) is 11.5. The van der Waals surface area contributed by atoms with E-state index >= 15 is 0 Å². The molecule has 18 heavy (non-hydrogen) atoms. The van der Waals surface area contributed by atoms with Crippen molar-refractivity contribution in [3.63, 3.8) is 0 Å². The largest absolute Gasteiger partial charge is 0.341 e. The van der Waals surface area contributed by atoms with Crippen LogP contribution >= 0.6 is 23.2 Å². The lowest BCUT2D eigenvalue weighted by atomic mass is 10.1. The third-order valence-corrected chi connectivity index (χ3v) is 3.52. The number of halogens is 2. The van der Waals surface area contributed by atoms with E-state index in [9.17, 15) is 4.79 Å². The molecular weight excluding hydrogens is 271 g/mol. The maximum atomic E-state index is 12.1.